The first-order chi connectivity index (χ1) is 18.0. The Bertz CT molecular complexity index is 879. The van der Waals surface area contributed by atoms with Crippen molar-refractivity contribution in [3.05, 3.63) is 0 Å². The Balaban J connectivity index is -0.00000000369. The van der Waals surface area contributed by atoms with E-state index in [4.69, 9.17) is 173 Å². The topological polar surface area (TPSA) is 1050 Å². The van der Waals surface area contributed by atoms with Gasteiger partial charge in [-0.25, -0.2) is 0 Å². The molecular weight excluding hydrogens is 3120 g/mol. The van der Waals surface area contributed by atoms with Crippen molar-refractivity contribution in [2.45, 2.75) is 0 Å². The Labute approximate surface area is 1060 Å². The van der Waals surface area contributed by atoms with E-state index in [0.29, 0.717) is 0 Å². The summed E-state index contributed by atoms with van der Waals surface area (Å²) in [6.45, 7) is 0. The molecule has 0 saturated heterocycles. The Hall–Kier alpha value is 25.3. The molecule has 0 aromatic carbocycles. The van der Waals surface area contributed by atoms with Crippen LogP contribution in [0.15, 0.2) is 0 Å². The van der Waals surface area contributed by atoms with Gasteiger partial charge in [-0.3, -0.25) is 0 Å². The second-order valence-corrected chi connectivity index (χ2v) is 12.1. The molecule has 0 rings (SSSR count). The average Bonchev–Trinajstić information content (AvgIpc) is 2.26. The smallest absolute Gasteiger partial charge is 1.00 e. The van der Waals surface area contributed by atoms with Crippen LogP contribution in [0.4, 0.5) is 0 Å². The molecule has 83 heteroatoms. The van der Waals surface area contributed by atoms with Crippen LogP contribution in [0.1, 0.15) is 0 Å². The van der Waals surface area contributed by atoms with Crippen molar-refractivity contribution in [1.29, 1.82) is 0 Å². The molecule has 0 aliphatic heterocycles. The molecular formula is H9Ce5F9La5Na5O45P9Sr5. The molecule has 0 fully saturated rings. The van der Waals surface area contributed by atoms with Gasteiger partial charge in [-0.15, -0.1) is 0 Å². The van der Waals surface area contributed by atoms with E-state index in [1.54, 1.807) is 0 Å². The van der Waals surface area contributed by atoms with Crippen LogP contribution in [0.2, 0.25) is 0 Å². The van der Waals surface area contributed by atoms with Gasteiger partial charge < -0.3 is 265 Å². The van der Waals surface area contributed by atoms with Crippen LogP contribution in [0.5, 0.6) is 0 Å². The first-order valence-corrected chi connectivity index (χ1v) is 19.7. The summed E-state index contributed by atoms with van der Waals surface area (Å²) in [6, 6.07) is 0. The summed E-state index contributed by atoms with van der Waals surface area (Å²) in [5.41, 5.74) is 0. The van der Waals surface area contributed by atoms with Gasteiger partial charge in [0.2, 0.25) is 0 Å². The van der Waals surface area contributed by atoms with Crippen molar-refractivity contribution in [2.75, 3.05) is 0 Å². The maximum atomic E-state index is 8.55. The third-order valence-corrected chi connectivity index (χ3v) is 0. The Morgan fingerprint density at radius 2 is 0.145 bits per heavy atom. The SMILES string of the molecule is O=P([O-])([O-])[O-].O=P([O-])([O-])[O-].O=P([O-])([O-])[O-].O=P([O-])([O-])[O-].O=P([O-])([O-])[O-].O=P([O-])([O-])[O-].O=P([O-])([O-])[O-].O=P([O-])([O-])[O-].O=P([O-])([O-])[O-].[Ce+3].[Ce+3].[Ce+3].[Ce+3].[Ce+3].[F-].[F-].[F-].[F-].[F-].[F-].[F-].[F-].[F-].[La+3].[La+3].[La+3].[La+3].[La+3].[Na+].[Na+].[Na+].[Na+].[Na+].[OH-].[OH-].[OH-].[OH-].[OH-].[OH-].[OH-].[OH-].[OH-].[Sr+2].[Sr+2].[Sr+2].[Sr+2].[Sr+2]. The van der Waals surface area contributed by atoms with E-state index >= 15 is 0 Å². The maximum absolute atomic E-state index is 8.55. The minimum atomic E-state index is -5.39. The normalized spacial score (nSPS) is 6.40. The molecule has 9 N–H and O–H groups in total. The summed E-state index contributed by atoms with van der Waals surface area (Å²) < 4.78 is 76.9. The van der Waals surface area contributed by atoms with E-state index in [2.05, 4.69) is 0 Å². The summed E-state index contributed by atoms with van der Waals surface area (Å²) in [5, 5.41) is 0. The summed E-state index contributed by atoms with van der Waals surface area (Å²) in [7, 11) is -48.5. The minimum Gasteiger partial charge on any atom is -1.00 e. The van der Waals surface area contributed by atoms with Crippen LogP contribution < -0.4 is 322 Å². The quantitative estimate of drug-likeness (QED) is 0.123. The summed E-state index contributed by atoms with van der Waals surface area (Å²) in [6.07, 6.45) is 0. The molecule has 0 atom stereocenters. The third kappa shape index (κ3) is 1860. The monoisotopic (exact) mass is 3130 g/mol. The molecule has 0 aliphatic rings. The van der Waals surface area contributed by atoms with E-state index in [-0.39, 0.29) is 854 Å². The minimum absolute atomic E-state index is 0. The fraction of sp³-hybridized carbons (Fsp3) is 0. The first-order valence-electron chi connectivity index (χ1n) is 6.57. The van der Waals surface area contributed by atoms with Crippen LogP contribution >= 0.6 is 70.4 Å². The number of rotatable bonds is 0. The Kier molecular flexibility index (Phi) is 771. The molecule has 437 valence electrons. The van der Waals surface area contributed by atoms with Crippen LogP contribution in [0.3, 0.4) is 0 Å². The molecule has 0 saturated carbocycles. The number of hydrogen-bond donors (Lipinski definition) is 0. The van der Waals surface area contributed by atoms with Gasteiger partial charge in [0.1, 0.15) is 0 Å². The largest absolute Gasteiger partial charge is 3.00 e. The van der Waals surface area contributed by atoms with Crippen LogP contribution in [-0.2, 0) is 41.1 Å². The first kappa shape index (κ1) is 332. The van der Waals surface area contributed by atoms with Crippen molar-refractivity contribution < 1.29 is 799 Å². The van der Waals surface area contributed by atoms with E-state index in [1.807, 2.05) is 0 Å². The van der Waals surface area contributed by atoms with Crippen LogP contribution in [0.25, 0.3) is 0 Å². The fourth-order valence-electron chi connectivity index (χ4n) is 0. The third-order valence-electron chi connectivity index (χ3n) is 0. The molecule has 0 unspecified atom stereocenters. The van der Waals surface area contributed by atoms with Crippen LogP contribution in [-0.4, -0.2) is 277 Å². The molecule has 0 amide bonds. The number of phosphoric acid groups is 9. The zero-order valence-corrected chi connectivity index (χ0v) is 109. The molecule has 5 radical (unpaired) electrons. The molecule has 0 aromatic rings. The zero-order valence-electron chi connectivity index (χ0n) is 40.1. The van der Waals surface area contributed by atoms with E-state index < -0.39 is 70.4 Å². The molecule has 83 heavy (non-hydrogen) atoms. The summed E-state index contributed by atoms with van der Waals surface area (Å²) in [4.78, 5) is 231. The second-order valence-electron chi connectivity index (χ2n) is 4.02. The second kappa shape index (κ2) is 193. The molecule has 0 heterocycles. The Morgan fingerprint density at radius 1 is 0.145 bits per heavy atom. The Morgan fingerprint density at radius 3 is 0.145 bits per heavy atom. The molecule has 0 bridgehead atoms. The van der Waals surface area contributed by atoms with Crippen molar-refractivity contribution >= 4 is 298 Å². The van der Waals surface area contributed by atoms with Gasteiger partial charge in [0.25, 0.3) is 0 Å². The van der Waals surface area contributed by atoms with E-state index in [9.17, 15) is 0 Å². The van der Waals surface area contributed by atoms with Crippen LogP contribution in [0, 0.1) is 387 Å². The zero-order chi connectivity index (χ0) is 40.5. The molecule has 0 aromatic heterocycles. The van der Waals surface area contributed by atoms with Gasteiger partial charge in [0.05, 0.1) is 0 Å². The van der Waals surface area contributed by atoms with Crippen molar-refractivity contribution in [3.63, 3.8) is 0 Å². The van der Waals surface area contributed by atoms with E-state index in [0.717, 1.165) is 0 Å². The van der Waals surface area contributed by atoms with Gasteiger partial charge in [0.15, 0.2) is 0 Å². The number of hydrogen-bond acceptors (Lipinski definition) is 45. The molecule has 0 spiro atoms. The summed E-state index contributed by atoms with van der Waals surface area (Å²) in [5.74, 6) is 0. The average molecular weight is 3130 g/mol. The van der Waals surface area contributed by atoms with Gasteiger partial charge in [-0.2, -0.15) is 70.4 Å². The van der Waals surface area contributed by atoms with Gasteiger partial charge in [-0.05, 0) is 0 Å². The van der Waals surface area contributed by atoms with Crippen molar-refractivity contribution in [2.24, 2.45) is 0 Å². The standard InChI is InChI=1S/5Ce.9FH.5La.5Na.9H3O4P.9H2O.5Sr/c;;;;;;;;;;;;;;;;;;;;;;;;9*1-5(2,3)4;;;;;;;;;;;;;;/h;;;;;9*1H;;;;;;;;;;;9*(H3,1,2,3,4);9*1H2;;;;;/q5*+3;;;;;;;;;;5*+3;5*+1;;;;;;;;;;;;;;;;;;;5*+2/p-45. The van der Waals surface area contributed by atoms with E-state index in [1.165, 1.54) is 0 Å². The fourth-order valence-corrected chi connectivity index (χ4v) is 0. The van der Waals surface area contributed by atoms with Gasteiger partial charge in [0, 0.05) is 0 Å². The van der Waals surface area contributed by atoms with Gasteiger partial charge >= 0.3 is 762 Å². The maximum Gasteiger partial charge on any atom is 3.00 e. The van der Waals surface area contributed by atoms with Crippen molar-refractivity contribution in [1.82, 2.24) is 0 Å². The predicted molar refractivity (Wildman–Crippen MR) is 115 cm³/mol. The predicted octanol–water partition coefficient (Wildman–Crippen LogP) is -70.9. The summed E-state index contributed by atoms with van der Waals surface area (Å²) >= 11 is 0. The molecule has 0 aliphatic carbocycles. The van der Waals surface area contributed by atoms with Crippen molar-refractivity contribution in [3.8, 4) is 0 Å². The number of halogens is 9. The molecule has 45 nitrogen and oxygen atoms in total. The van der Waals surface area contributed by atoms with Gasteiger partial charge in [-0.1, -0.05) is 0 Å².